The SMILES string of the molecule is N[C@H](c1cccc([N+](=O)[O-])c1)C(F)(F)C(F)(F)F. The van der Waals surface area contributed by atoms with Crippen LogP contribution in [0.15, 0.2) is 24.3 Å². The van der Waals surface area contributed by atoms with Gasteiger partial charge in [0.15, 0.2) is 0 Å². The summed E-state index contributed by atoms with van der Waals surface area (Å²) in [4.78, 5) is 9.46. The molecule has 0 fully saturated rings. The van der Waals surface area contributed by atoms with E-state index in [-0.39, 0.29) is 0 Å². The normalized spacial score (nSPS) is 14.3. The summed E-state index contributed by atoms with van der Waals surface area (Å²) in [6.45, 7) is 0. The van der Waals surface area contributed by atoms with E-state index in [1.165, 1.54) is 0 Å². The van der Waals surface area contributed by atoms with Gasteiger partial charge in [0.2, 0.25) is 0 Å². The highest BCUT2D eigenvalue weighted by Gasteiger charge is 2.61. The van der Waals surface area contributed by atoms with Crippen molar-refractivity contribution in [2.24, 2.45) is 5.73 Å². The second-order valence-electron chi connectivity index (χ2n) is 3.45. The van der Waals surface area contributed by atoms with Gasteiger partial charge in [-0.05, 0) is 5.56 Å². The lowest BCUT2D eigenvalue weighted by atomic mass is 10.0. The standard InChI is InChI=1S/C9H7F5N2O2/c10-8(11,9(12,13)14)7(15)5-2-1-3-6(4-5)16(17)18/h1-4,7H,15H2/t7-/m1/s1. The van der Waals surface area contributed by atoms with Gasteiger partial charge in [0.25, 0.3) is 5.69 Å². The highest BCUT2D eigenvalue weighted by Crippen LogP contribution is 2.43. The molecule has 0 unspecified atom stereocenters. The Balaban J connectivity index is 3.15. The van der Waals surface area contributed by atoms with Crippen LogP contribution < -0.4 is 5.73 Å². The average Bonchev–Trinajstić information content (AvgIpc) is 2.26. The number of halogens is 5. The van der Waals surface area contributed by atoms with Gasteiger partial charge >= 0.3 is 12.1 Å². The predicted molar refractivity (Wildman–Crippen MR) is 51.0 cm³/mol. The minimum Gasteiger partial charge on any atom is -0.319 e. The second-order valence-corrected chi connectivity index (χ2v) is 3.45. The molecule has 0 spiro atoms. The van der Waals surface area contributed by atoms with Crippen LogP contribution in [-0.2, 0) is 0 Å². The van der Waals surface area contributed by atoms with Crippen molar-refractivity contribution in [2.45, 2.75) is 18.1 Å². The van der Waals surface area contributed by atoms with Gasteiger partial charge in [0.05, 0.1) is 4.92 Å². The minimum absolute atomic E-state index is 0.588. The molecule has 1 aromatic rings. The van der Waals surface area contributed by atoms with Crippen LogP contribution in [0, 0.1) is 10.1 Å². The van der Waals surface area contributed by atoms with E-state index in [4.69, 9.17) is 5.73 Å². The van der Waals surface area contributed by atoms with E-state index >= 15 is 0 Å². The van der Waals surface area contributed by atoms with Crippen molar-refractivity contribution in [3.05, 3.63) is 39.9 Å². The molecule has 0 bridgehead atoms. The van der Waals surface area contributed by atoms with Crippen LogP contribution in [0.4, 0.5) is 27.6 Å². The highest BCUT2D eigenvalue weighted by atomic mass is 19.4. The number of rotatable bonds is 3. The largest absolute Gasteiger partial charge is 0.455 e. The zero-order valence-corrected chi connectivity index (χ0v) is 8.62. The molecule has 1 atom stereocenters. The van der Waals surface area contributed by atoms with E-state index in [2.05, 4.69) is 0 Å². The second kappa shape index (κ2) is 4.48. The van der Waals surface area contributed by atoms with Crippen molar-refractivity contribution in [3.63, 3.8) is 0 Å². The maximum atomic E-state index is 12.9. The van der Waals surface area contributed by atoms with Crippen molar-refractivity contribution in [1.29, 1.82) is 0 Å². The van der Waals surface area contributed by atoms with Gasteiger partial charge in [-0.2, -0.15) is 22.0 Å². The van der Waals surface area contributed by atoms with Crippen molar-refractivity contribution in [1.82, 2.24) is 0 Å². The third-order valence-electron chi connectivity index (χ3n) is 2.21. The summed E-state index contributed by atoms with van der Waals surface area (Å²) in [7, 11) is 0. The van der Waals surface area contributed by atoms with Crippen molar-refractivity contribution >= 4 is 5.69 Å². The highest BCUT2D eigenvalue weighted by molar-refractivity contribution is 5.36. The number of non-ortho nitro benzene ring substituents is 1. The summed E-state index contributed by atoms with van der Waals surface area (Å²) in [6, 6.07) is 0.709. The van der Waals surface area contributed by atoms with Crippen LogP contribution in [0.5, 0.6) is 0 Å². The van der Waals surface area contributed by atoms with E-state index in [0.717, 1.165) is 18.2 Å². The molecule has 0 amide bonds. The lowest BCUT2D eigenvalue weighted by molar-refractivity contribution is -0.385. The van der Waals surface area contributed by atoms with Gasteiger partial charge in [-0.3, -0.25) is 10.1 Å². The molecule has 0 radical (unpaired) electrons. The molecule has 0 heterocycles. The number of nitro benzene ring substituents is 1. The summed E-state index contributed by atoms with van der Waals surface area (Å²) < 4.78 is 62.0. The number of nitrogens with zero attached hydrogens (tertiary/aromatic N) is 1. The summed E-state index contributed by atoms with van der Waals surface area (Å²) in [5.74, 6) is -5.16. The molecular weight excluding hydrogens is 263 g/mol. The molecule has 100 valence electrons. The van der Waals surface area contributed by atoms with Gasteiger partial charge in [-0.25, -0.2) is 0 Å². The molecule has 0 saturated heterocycles. The third-order valence-corrected chi connectivity index (χ3v) is 2.21. The van der Waals surface area contributed by atoms with Crippen molar-refractivity contribution in [3.8, 4) is 0 Å². The first-order chi connectivity index (χ1) is 8.07. The maximum Gasteiger partial charge on any atom is 0.455 e. The summed E-state index contributed by atoms with van der Waals surface area (Å²) in [5, 5.41) is 10.4. The molecule has 0 aliphatic rings. The summed E-state index contributed by atoms with van der Waals surface area (Å²) in [6.07, 6.45) is -5.82. The van der Waals surface area contributed by atoms with E-state index in [9.17, 15) is 32.1 Å². The van der Waals surface area contributed by atoms with E-state index in [1.54, 1.807) is 0 Å². The zero-order chi connectivity index (χ0) is 14.1. The maximum absolute atomic E-state index is 12.9. The Morgan fingerprint density at radius 3 is 2.22 bits per heavy atom. The van der Waals surface area contributed by atoms with Gasteiger partial charge in [0, 0.05) is 12.1 Å². The lowest BCUT2D eigenvalue weighted by Gasteiger charge is -2.25. The van der Waals surface area contributed by atoms with Gasteiger partial charge in [0.1, 0.15) is 6.04 Å². The first-order valence-electron chi connectivity index (χ1n) is 4.52. The lowest BCUT2D eigenvalue weighted by Crippen LogP contribution is -2.45. The zero-order valence-electron chi connectivity index (χ0n) is 8.62. The smallest absolute Gasteiger partial charge is 0.319 e. The molecule has 1 rings (SSSR count). The fraction of sp³-hybridized carbons (Fsp3) is 0.333. The Bertz CT molecular complexity index is 461. The Morgan fingerprint density at radius 2 is 1.78 bits per heavy atom. The van der Waals surface area contributed by atoms with Crippen molar-refractivity contribution in [2.75, 3.05) is 0 Å². The van der Waals surface area contributed by atoms with Crippen LogP contribution in [-0.4, -0.2) is 17.0 Å². The molecule has 4 nitrogen and oxygen atoms in total. The first kappa shape index (κ1) is 14.3. The summed E-state index contributed by atoms with van der Waals surface area (Å²) in [5.41, 5.74) is 3.56. The van der Waals surface area contributed by atoms with Crippen LogP contribution in [0.25, 0.3) is 0 Å². The van der Waals surface area contributed by atoms with Crippen LogP contribution >= 0.6 is 0 Å². The van der Waals surface area contributed by atoms with Crippen LogP contribution in [0.1, 0.15) is 11.6 Å². The third kappa shape index (κ3) is 2.55. The van der Waals surface area contributed by atoms with E-state index < -0.39 is 34.3 Å². The molecule has 0 aromatic heterocycles. The molecule has 0 aliphatic heterocycles. The molecular formula is C9H7F5N2O2. The van der Waals surface area contributed by atoms with Gasteiger partial charge < -0.3 is 5.73 Å². The number of benzene rings is 1. The number of hydrogen-bond donors (Lipinski definition) is 1. The van der Waals surface area contributed by atoms with Crippen LogP contribution in [0.3, 0.4) is 0 Å². The monoisotopic (exact) mass is 270 g/mol. The Morgan fingerprint density at radius 1 is 1.22 bits per heavy atom. The quantitative estimate of drug-likeness (QED) is 0.521. The fourth-order valence-electron chi connectivity index (χ4n) is 1.22. The summed E-state index contributed by atoms with van der Waals surface area (Å²) >= 11 is 0. The molecule has 9 heteroatoms. The first-order valence-corrected chi connectivity index (χ1v) is 4.52. The Labute approximate surface area is 97.3 Å². The van der Waals surface area contributed by atoms with Gasteiger partial charge in [-0.15, -0.1) is 0 Å². The number of hydrogen-bond acceptors (Lipinski definition) is 3. The number of nitro groups is 1. The van der Waals surface area contributed by atoms with Gasteiger partial charge in [-0.1, -0.05) is 12.1 Å². The van der Waals surface area contributed by atoms with E-state index in [0.29, 0.717) is 6.07 Å². The predicted octanol–water partition coefficient (Wildman–Crippen LogP) is 2.79. The van der Waals surface area contributed by atoms with E-state index in [1.807, 2.05) is 0 Å². The number of nitrogens with two attached hydrogens (primary N) is 1. The van der Waals surface area contributed by atoms with Crippen LogP contribution in [0.2, 0.25) is 0 Å². The Kier molecular flexibility index (Phi) is 3.56. The Hall–Kier alpha value is -1.77. The topological polar surface area (TPSA) is 69.2 Å². The molecule has 0 saturated carbocycles. The number of alkyl halides is 5. The minimum atomic E-state index is -5.82. The molecule has 0 aliphatic carbocycles. The fourth-order valence-corrected chi connectivity index (χ4v) is 1.22. The molecule has 18 heavy (non-hydrogen) atoms. The average molecular weight is 270 g/mol. The molecule has 1 aromatic carbocycles. The van der Waals surface area contributed by atoms with Crippen molar-refractivity contribution < 1.29 is 26.9 Å². The molecule has 2 N–H and O–H groups in total.